The zero-order valence-electron chi connectivity index (χ0n) is 30.6. The number of likely N-dealkylation sites (tertiary alicyclic amines) is 1. The van der Waals surface area contributed by atoms with Crippen LogP contribution in [0.3, 0.4) is 0 Å². The summed E-state index contributed by atoms with van der Waals surface area (Å²) >= 11 is 0. The number of morpholine rings is 1. The lowest BCUT2D eigenvalue weighted by atomic mass is 9.89. The first-order valence-electron chi connectivity index (χ1n) is 18.4. The molecule has 1 spiro atoms. The van der Waals surface area contributed by atoms with Gasteiger partial charge in [0.1, 0.15) is 5.75 Å². The van der Waals surface area contributed by atoms with Gasteiger partial charge in [-0.15, -0.1) is 0 Å². The molecule has 0 saturated carbocycles. The maximum absolute atomic E-state index is 12.7. The van der Waals surface area contributed by atoms with Crippen LogP contribution in [0.25, 0.3) is 10.9 Å². The lowest BCUT2D eigenvalue weighted by Crippen LogP contribution is -2.57. The number of pyridine rings is 2. The van der Waals surface area contributed by atoms with Gasteiger partial charge in [0.25, 0.3) is 0 Å². The number of likely N-dealkylation sites (N-methyl/N-ethyl adjacent to an activating group) is 1. The quantitative estimate of drug-likeness (QED) is 0.0748. The van der Waals surface area contributed by atoms with Crippen LogP contribution in [0.5, 0.6) is 5.75 Å². The molecule has 0 radical (unpaired) electrons. The van der Waals surface area contributed by atoms with Crippen LogP contribution in [-0.2, 0) is 27.2 Å². The molecule has 4 N–H and O–H groups in total. The molecule has 15 heteroatoms. The van der Waals surface area contributed by atoms with Gasteiger partial charge in [0, 0.05) is 83.1 Å². The van der Waals surface area contributed by atoms with Crippen LogP contribution in [0, 0.1) is 10.1 Å². The summed E-state index contributed by atoms with van der Waals surface area (Å²) in [6.45, 7) is 6.25. The number of carbonyl (C=O) groups is 1. The summed E-state index contributed by atoms with van der Waals surface area (Å²) in [6.07, 6.45) is 3.42. The number of aromatic amines is 1. The Balaban J connectivity index is 0.862. The van der Waals surface area contributed by atoms with Gasteiger partial charge >= 0.3 is 5.69 Å². The van der Waals surface area contributed by atoms with Crippen LogP contribution in [0.15, 0.2) is 71.7 Å². The number of H-pyrrole nitrogens is 1. The van der Waals surface area contributed by atoms with Crippen LogP contribution in [0.1, 0.15) is 42.1 Å². The Kier molecular flexibility index (Phi) is 12.9. The van der Waals surface area contributed by atoms with Crippen molar-refractivity contribution in [2.45, 2.75) is 43.9 Å². The van der Waals surface area contributed by atoms with Gasteiger partial charge in [0.15, 0.2) is 0 Å². The van der Waals surface area contributed by atoms with E-state index in [0.717, 1.165) is 38.9 Å². The third kappa shape index (κ3) is 9.78. The molecule has 54 heavy (non-hydrogen) atoms. The second-order valence-electron chi connectivity index (χ2n) is 14.1. The number of rotatable bonds is 16. The van der Waals surface area contributed by atoms with E-state index in [4.69, 9.17) is 9.47 Å². The number of nitrogens with one attached hydrogen (secondary N) is 2. The number of hydrogen-bond acceptors (Lipinski definition) is 12. The molecule has 1 amide bonds. The van der Waals surface area contributed by atoms with Gasteiger partial charge in [-0.05, 0) is 54.2 Å². The molecule has 4 aromatic rings. The first kappa shape index (κ1) is 38.8. The summed E-state index contributed by atoms with van der Waals surface area (Å²) in [4.78, 5) is 48.5. The second kappa shape index (κ2) is 17.9. The van der Waals surface area contributed by atoms with Gasteiger partial charge in [-0.2, -0.15) is 0 Å². The van der Waals surface area contributed by atoms with Crippen molar-refractivity contribution in [2.75, 3.05) is 77.6 Å². The normalized spacial score (nSPS) is 16.4. The number of aliphatic hydroxyl groups excluding tert-OH is 1. The maximum atomic E-state index is 12.7. The molecule has 1 unspecified atom stereocenters. The Labute approximate surface area is 313 Å². The highest BCUT2D eigenvalue weighted by atomic mass is 16.6. The van der Waals surface area contributed by atoms with Gasteiger partial charge < -0.3 is 39.8 Å². The van der Waals surface area contributed by atoms with Crippen LogP contribution < -0.4 is 15.8 Å². The molecular formula is C39H49N7O8. The van der Waals surface area contributed by atoms with Crippen molar-refractivity contribution in [3.05, 3.63) is 104 Å². The summed E-state index contributed by atoms with van der Waals surface area (Å²) in [5.74, 6) is 0.323. The van der Waals surface area contributed by atoms with Crippen LogP contribution in [0.4, 0.5) is 11.5 Å². The predicted molar refractivity (Wildman–Crippen MR) is 204 cm³/mol. The molecular weight excluding hydrogens is 694 g/mol. The fourth-order valence-electron chi connectivity index (χ4n) is 7.28. The fourth-order valence-corrected chi connectivity index (χ4v) is 7.28. The topological polar surface area (TPSA) is 187 Å². The van der Waals surface area contributed by atoms with Crippen molar-refractivity contribution in [1.82, 2.24) is 25.1 Å². The number of phenolic OH excluding ortho intramolecular Hbond substituents is 1. The van der Waals surface area contributed by atoms with E-state index in [2.05, 4.69) is 44.5 Å². The highest BCUT2D eigenvalue weighted by Crippen LogP contribution is 2.35. The average molecular weight is 744 g/mol. The van der Waals surface area contributed by atoms with Gasteiger partial charge in [-0.1, -0.05) is 30.3 Å². The second-order valence-corrected chi connectivity index (χ2v) is 14.1. The predicted octanol–water partition coefficient (Wildman–Crippen LogP) is 3.14. The zero-order chi connectivity index (χ0) is 38.1. The number of aromatic nitrogens is 2. The van der Waals surface area contributed by atoms with Crippen LogP contribution in [0.2, 0.25) is 0 Å². The molecule has 2 saturated heterocycles. The summed E-state index contributed by atoms with van der Waals surface area (Å²) in [7, 11) is 1.74. The van der Waals surface area contributed by atoms with E-state index in [1.807, 2.05) is 4.90 Å². The number of carbonyl (C=O) groups excluding carboxylic acids is 1. The van der Waals surface area contributed by atoms with Crippen LogP contribution >= 0.6 is 0 Å². The minimum absolute atomic E-state index is 0.0256. The third-order valence-electron chi connectivity index (χ3n) is 10.3. The number of piperidine rings is 1. The summed E-state index contributed by atoms with van der Waals surface area (Å²) in [6, 6.07) is 17.6. The molecule has 4 heterocycles. The largest absolute Gasteiger partial charge is 0.506 e. The van der Waals surface area contributed by atoms with Crippen molar-refractivity contribution in [3.8, 4) is 5.75 Å². The highest BCUT2D eigenvalue weighted by Gasteiger charge is 2.41. The molecule has 288 valence electrons. The number of amides is 1. The Morgan fingerprint density at radius 2 is 1.94 bits per heavy atom. The Morgan fingerprint density at radius 3 is 2.76 bits per heavy atom. The van der Waals surface area contributed by atoms with Gasteiger partial charge in [0.2, 0.25) is 17.3 Å². The standard InChI is InChI=1S/C39H49N7O8/c1-43(19-16-40-25-34(48)30-7-9-33(47)37-31(30)8-10-35(49)42-37)36(50)12-22-53-21-11-28-4-2-5-29(24-28)26-44-17-13-39(14-18-44)27-45(20-23-54-39)38-32(46(51)52)6-3-15-41-38/h2-10,15,24,34,40,47-48H,11-14,16-23,25-27H2,1H3,(H,42,49). The van der Waals surface area contributed by atoms with Crippen molar-refractivity contribution in [3.63, 3.8) is 0 Å². The Bertz CT molecular complexity index is 1970. The summed E-state index contributed by atoms with van der Waals surface area (Å²) in [5.41, 5.74) is 2.62. The Hall–Kier alpha value is -4.93. The summed E-state index contributed by atoms with van der Waals surface area (Å²) < 4.78 is 12.1. The van der Waals surface area contributed by atoms with E-state index in [0.29, 0.717) is 62.8 Å². The van der Waals surface area contributed by atoms with Crippen LogP contribution in [-0.4, -0.2) is 119 Å². The van der Waals surface area contributed by atoms with E-state index in [-0.39, 0.29) is 51.9 Å². The third-order valence-corrected chi connectivity index (χ3v) is 10.3. The number of hydrogen-bond donors (Lipinski definition) is 4. The minimum atomic E-state index is -0.871. The van der Waals surface area contributed by atoms with Gasteiger partial charge in [-0.3, -0.25) is 24.6 Å². The SMILES string of the molecule is CN(CCNCC(O)c1ccc(O)c2[nH]c(=O)ccc12)C(=O)CCOCCc1cccc(CN2CCC3(CC2)CN(c2ncccc2[N+](=O)[O-])CCO3)c1. The lowest BCUT2D eigenvalue weighted by Gasteiger charge is -2.47. The lowest BCUT2D eigenvalue weighted by molar-refractivity contribution is -0.384. The molecule has 0 bridgehead atoms. The van der Waals surface area contributed by atoms with Crippen molar-refractivity contribution >= 4 is 28.3 Å². The molecule has 2 aliphatic heterocycles. The van der Waals surface area contributed by atoms with Crippen molar-refractivity contribution < 1.29 is 29.4 Å². The molecule has 6 rings (SSSR count). The minimum Gasteiger partial charge on any atom is -0.506 e. The molecule has 0 aliphatic carbocycles. The molecule has 2 aliphatic rings. The maximum Gasteiger partial charge on any atom is 0.311 e. The zero-order valence-corrected chi connectivity index (χ0v) is 30.6. The highest BCUT2D eigenvalue weighted by molar-refractivity contribution is 5.87. The molecule has 2 fully saturated rings. The molecule has 15 nitrogen and oxygen atoms in total. The number of benzene rings is 2. The molecule has 2 aromatic heterocycles. The van der Waals surface area contributed by atoms with E-state index in [9.17, 15) is 29.9 Å². The summed E-state index contributed by atoms with van der Waals surface area (Å²) in [5, 5.41) is 36.1. The van der Waals surface area contributed by atoms with E-state index in [1.165, 1.54) is 29.3 Å². The molecule has 2 aromatic carbocycles. The van der Waals surface area contributed by atoms with E-state index >= 15 is 0 Å². The van der Waals surface area contributed by atoms with Gasteiger partial charge in [-0.25, -0.2) is 4.98 Å². The number of aliphatic hydroxyl groups is 1. The number of nitro groups is 1. The number of aromatic hydroxyl groups is 1. The van der Waals surface area contributed by atoms with Crippen molar-refractivity contribution in [1.29, 1.82) is 0 Å². The number of fused-ring (bicyclic) bond motifs is 1. The number of nitrogens with zero attached hydrogens (tertiary/aromatic N) is 5. The fraction of sp³-hybridized carbons (Fsp3) is 0.462. The Morgan fingerprint density at radius 1 is 1.13 bits per heavy atom. The number of phenols is 1. The first-order chi connectivity index (χ1) is 26.1. The smallest absolute Gasteiger partial charge is 0.311 e. The van der Waals surface area contributed by atoms with E-state index in [1.54, 1.807) is 36.3 Å². The first-order valence-corrected chi connectivity index (χ1v) is 18.4. The van der Waals surface area contributed by atoms with E-state index < -0.39 is 6.10 Å². The number of anilines is 1. The average Bonchev–Trinajstić information content (AvgIpc) is 3.17. The van der Waals surface area contributed by atoms with Gasteiger partial charge in [0.05, 0.1) is 48.4 Å². The van der Waals surface area contributed by atoms with Crippen molar-refractivity contribution in [2.24, 2.45) is 0 Å². The monoisotopic (exact) mass is 743 g/mol. The molecule has 1 atom stereocenters. The number of ether oxygens (including phenoxy) is 2.